The van der Waals surface area contributed by atoms with E-state index in [0.717, 1.165) is 38.6 Å². The first kappa shape index (κ1) is 7.76. The Balaban J connectivity index is 2.03. The SMILES string of the molecule is CC12CN3CC(CN(C3)C1)/C2=N/O. The molecule has 0 aromatic rings. The Morgan fingerprint density at radius 1 is 1.38 bits per heavy atom. The maximum atomic E-state index is 9.01. The zero-order chi connectivity index (χ0) is 9.05. The Labute approximate surface area is 77.8 Å². The lowest BCUT2D eigenvalue weighted by Gasteiger charge is -2.58. The summed E-state index contributed by atoms with van der Waals surface area (Å²) in [4.78, 5) is 4.93. The third kappa shape index (κ3) is 0.901. The fourth-order valence-corrected chi connectivity index (χ4v) is 3.38. The number of hydrogen-bond acceptors (Lipinski definition) is 4. The van der Waals surface area contributed by atoms with Crippen LogP contribution in [0.3, 0.4) is 0 Å². The minimum absolute atomic E-state index is 0.119. The monoisotopic (exact) mass is 181 g/mol. The molecule has 0 amide bonds. The molecule has 0 aromatic heterocycles. The Hall–Kier alpha value is -0.610. The minimum Gasteiger partial charge on any atom is -0.411 e. The highest BCUT2D eigenvalue weighted by molar-refractivity contribution is 5.94. The molecule has 0 spiro atoms. The highest BCUT2D eigenvalue weighted by atomic mass is 16.4. The highest BCUT2D eigenvalue weighted by Gasteiger charge is 2.51. The lowest BCUT2D eigenvalue weighted by Crippen LogP contribution is -2.70. The van der Waals surface area contributed by atoms with Gasteiger partial charge in [-0.3, -0.25) is 9.80 Å². The lowest BCUT2D eigenvalue weighted by molar-refractivity contribution is -0.0452. The molecule has 4 heteroatoms. The maximum Gasteiger partial charge on any atom is 0.0711 e. The van der Waals surface area contributed by atoms with Crippen LogP contribution in [-0.2, 0) is 0 Å². The molecule has 0 radical (unpaired) electrons. The molecule has 2 unspecified atom stereocenters. The second-order valence-corrected chi connectivity index (χ2v) is 4.91. The molecule has 1 N–H and O–H groups in total. The van der Waals surface area contributed by atoms with Crippen molar-refractivity contribution >= 4 is 5.71 Å². The Morgan fingerprint density at radius 2 is 2.00 bits per heavy atom. The predicted octanol–water partition coefficient (Wildman–Crippen LogP) is 0.0414. The normalized spacial score (nSPS) is 56.1. The van der Waals surface area contributed by atoms with Crippen molar-refractivity contribution in [2.45, 2.75) is 6.92 Å². The second kappa shape index (κ2) is 2.25. The third-order valence-electron chi connectivity index (χ3n) is 3.62. The molecule has 4 bridgehead atoms. The predicted molar refractivity (Wildman–Crippen MR) is 48.8 cm³/mol. The molecule has 4 saturated heterocycles. The van der Waals surface area contributed by atoms with Crippen LogP contribution in [0.5, 0.6) is 0 Å². The van der Waals surface area contributed by atoms with Gasteiger partial charge in [0, 0.05) is 37.5 Å². The summed E-state index contributed by atoms with van der Waals surface area (Å²) in [6, 6.07) is 0. The van der Waals surface area contributed by atoms with Crippen molar-refractivity contribution in [1.82, 2.24) is 9.80 Å². The van der Waals surface area contributed by atoms with Gasteiger partial charge < -0.3 is 5.21 Å². The van der Waals surface area contributed by atoms with Gasteiger partial charge in [-0.05, 0) is 0 Å². The topological polar surface area (TPSA) is 39.1 Å². The summed E-state index contributed by atoms with van der Waals surface area (Å²) >= 11 is 0. The quantitative estimate of drug-likeness (QED) is 0.423. The van der Waals surface area contributed by atoms with Gasteiger partial charge in [-0.25, -0.2) is 0 Å². The summed E-state index contributed by atoms with van der Waals surface area (Å²) in [5.74, 6) is 0.478. The molecular formula is C9H15N3O. The first-order valence-electron chi connectivity index (χ1n) is 4.88. The molecule has 4 rings (SSSR count). The number of oxime groups is 1. The Morgan fingerprint density at radius 3 is 2.46 bits per heavy atom. The van der Waals surface area contributed by atoms with E-state index >= 15 is 0 Å². The van der Waals surface area contributed by atoms with Crippen molar-refractivity contribution in [3.05, 3.63) is 0 Å². The molecule has 0 aliphatic carbocycles. The number of hydrogen-bond donors (Lipinski definition) is 1. The molecule has 0 saturated carbocycles. The van der Waals surface area contributed by atoms with Crippen molar-refractivity contribution in [3.8, 4) is 0 Å². The highest BCUT2D eigenvalue weighted by Crippen LogP contribution is 2.39. The average Bonchev–Trinajstić information content (AvgIpc) is 2.00. The maximum absolute atomic E-state index is 9.01. The third-order valence-corrected chi connectivity index (χ3v) is 3.62. The summed E-state index contributed by atoms with van der Waals surface area (Å²) in [7, 11) is 0. The van der Waals surface area contributed by atoms with Crippen molar-refractivity contribution in [1.29, 1.82) is 0 Å². The zero-order valence-electron chi connectivity index (χ0n) is 7.90. The fourth-order valence-electron chi connectivity index (χ4n) is 3.38. The standard InChI is InChI=1S/C9H15N3O/c1-9-4-11-2-7(8(9)10-13)3-12(5-9)6-11/h7,13H,2-6H2,1H3/b10-8-. The van der Waals surface area contributed by atoms with Gasteiger partial charge in [-0.1, -0.05) is 12.1 Å². The molecule has 0 aromatic carbocycles. The summed E-state index contributed by atoms with van der Waals surface area (Å²) in [5, 5.41) is 12.5. The van der Waals surface area contributed by atoms with Gasteiger partial charge in [0.25, 0.3) is 0 Å². The van der Waals surface area contributed by atoms with Gasteiger partial charge in [0.1, 0.15) is 0 Å². The summed E-state index contributed by atoms with van der Waals surface area (Å²) in [6.07, 6.45) is 0. The van der Waals surface area contributed by atoms with Crippen LogP contribution < -0.4 is 0 Å². The van der Waals surface area contributed by atoms with Gasteiger partial charge >= 0.3 is 0 Å². The molecule has 4 heterocycles. The van der Waals surface area contributed by atoms with Crippen LogP contribution in [0.15, 0.2) is 5.16 Å². The van der Waals surface area contributed by atoms with E-state index < -0.39 is 0 Å². The number of piperidine rings is 2. The lowest BCUT2D eigenvalue weighted by atomic mass is 9.70. The summed E-state index contributed by atoms with van der Waals surface area (Å²) in [6.45, 7) is 7.65. The molecule has 4 fully saturated rings. The molecule has 4 aliphatic heterocycles. The van der Waals surface area contributed by atoms with Crippen LogP contribution in [0.25, 0.3) is 0 Å². The Bertz CT molecular complexity index is 262. The van der Waals surface area contributed by atoms with Crippen LogP contribution in [0, 0.1) is 11.3 Å². The van der Waals surface area contributed by atoms with Crippen molar-refractivity contribution in [3.63, 3.8) is 0 Å². The minimum atomic E-state index is 0.119. The molecule has 4 aliphatic rings. The second-order valence-electron chi connectivity index (χ2n) is 4.91. The van der Waals surface area contributed by atoms with E-state index in [1.165, 1.54) is 0 Å². The molecular weight excluding hydrogens is 166 g/mol. The van der Waals surface area contributed by atoms with Crippen LogP contribution in [-0.4, -0.2) is 53.6 Å². The van der Waals surface area contributed by atoms with Crippen LogP contribution in [0.4, 0.5) is 0 Å². The fraction of sp³-hybridized carbons (Fsp3) is 0.889. The first-order valence-corrected chi connectivity index (χ1v) is 4.88. The van der Waals surface area contributed by atoms with E-state index in [4.69, 9.17) is 5.21 Å². The van der Waals surface area contributed by atoms with E-state index in [1.807, 2.05) is 0 Å². The summed E-state index contributed by atoms with van der Waals surface area (Å²) < 4.78 is 0. The van der Waals surface area contributed by atoms with Crippen molar-refractivity contribution < 1.29 is 5.21 Å². The largest absolute Gasteiger partial charge is 0.411 e. The molecule has 2 atom stereocenters. The van der Waals surface area contributed by atoms with Gasteiger partial charge in [0.15, 0.2) is 0 Å². The summed E-state index contributed by atoms with van der Waals surface area (Å²) in [5.41, 5.74) is 1.16. The van der Waals surface area contributed by atoms with E-state index in [0.29, 0.717) is 5.92 Å². The van der Waals surface area contributed by atoms with Crippen LogP contribution in [0.2, 0.25) is 0 Å². The molecule has 4 nitrogen and oxygen atoms in total. The number of rotatable bonds is 0. The Kier molecular flexibility index (Phi) is 1.34. The van der Waals surface area contributed by atoms with E-state index in [1.54, 1.807) is 0 Å². The van der Waals surface area contributed by atoms with Crippen LogP contribution >= 0.6 is 0 Å². The van der Waals surface area contributed by atoms with Crippen molar-refractivity contribution in [2.75, 3.05) is 32.8 Å². The van der Waals surface area contributed by atoms with Gasteiger partial charge in [-0.15, -0.1) is 0 Å². The van der Waals surface area contributed by atoms with Gasteiger partial charge in [-0.2, -0.15) is 0 Å². The first-order chi connectivity index (χ1) is 6.21. The van der Waals surface area contributed by atoms with E-state index in [-0.39, 0.29) is 5.41 Å². The smallest absolute Gasteiger partial charge is 0.0711 e. The average molecular weight is 181 g/mol. The van der Waals surface area contributed by atoms with Gasteiger partial charge in [0.05, 0.1) is 12.4 Å². The van der Waals surface area contributed by atoms with Crippen molar-refractivity contribution in [2.24, 2.45) is 16.5 Å². The van der Waals surface area contributed by atoms with E-state index in [9.17, 15) is 0 Å². The van der Waals surface area contributed by atoms with E-state index in [2.05, 4.69) is 21.9 Å². The molecule has 72 valence electrons. The zero-order valence-corrected chi connectivity index (χ0v) is 7.90. The molecule has 13 heavy (non-hydrogen) atoms. The van der Waals surface area contributed by atoms with Crippen LogP contribution in [0.1, 0.15) is 6.92 Å². The van der Waals surface area contributed by atoms with Gasteiger partial charge in [0.2, 0.25) is 0 Å². The number of nitrogens with zero attached hydrogens (tertiary/aromatic N) is 3.